The Kier molecular flexibility index (Phi) is 11.0. The van der Waals surface area contributed by atoms with E-state index in [1.807, 2.05) is 19.9 Å². The van der Waals surface area contributed by atoms with Gasteiger partial charge in [-0.05, 0) is 69.4 Å². The average Bonchev–Trinajstić information content (AvgIpc) is 2.84. The Bertz CT molecular complexity index is 1250. The highest BCUT2D eigenvalue weighted by Crippen LogP contribution is 2.30. The van der Waals surface area contributed by atoms with Gasteiger partial charge >= 0.3 is 6.09 Å². The standard InChI is InChI=1S/C30H35ClN4O4/c1-8-21-12-14-22(15-13-21)26(27(36)34-25-20(4)10-9-11-23(25)31)35(17-16-32)28(37)24(18-19(2)3)33-29(38)39-30(5,6)7/h1,9-15,19,24,26H,17-18H2,2-7H3,(H,33,38)(H,34,36). The number of ether oxygens (including phenoxy) is 1. The second-order valence-electron chi connectivity index (χ2n) is 10.5. The molecule has 8 nitrogen and oxygen atoms in total. The molecule has 0 saturated heterocycles. The van der Waals surface area contributed by atoms with Gasteiger partial charge in [-0.2, -0.15) is 5.26 Å². The van der Waals surface area contributed by atoms with Crippen LogP contribution >= 0.6 is 11.6 Å². The van der Waals surface area contributed by atoms with Crippen LogP contribution in [-0.4, -0.2) is 41.0 Å². The van der Waals surface area contributed by atoms with Crippen molar-refractivity contribution in [2.24, 2.45) is 5.92 Å². The molecule has 3 amide bonds. The highest BCUT2D eigenvalue weighted by Gasteiger charge is 2.37. The van der Waals surface area contributed by atoms with Crippen molar-refractivity contribution < 1.29 is 19.1 Å². The molecule has 0 fully saturated rings. The minimum atomic E-state index is -1.23. The lowest BCUT2D eigenvalue weighted by Crippen LogP contribution is -2.53. The summed E-state index contributed by atoms with van der Waals surface area (Å²) in [5, 5.41) is 15.5. The summed E-state index contributed by atoms with van der Waals surface area (Å²) < 4.78 is 5.36. The predicted molar refractivity (Wildman–Crippen MR) is 152 cm³/mol. The second kappa shape index (κ2) is 13.7. The van der Waals surface area contributed by atoms with Crippen LogP contribution in [0.3, 0.4) is 0 Å². The van der Waals surface area contributed by atoms with Crippen LogP contribution in [-0.2, 0) is 14.3 Å². The van der Waals surface area contributed by atoms with Crippen LogP contribution in [0, 0.1) is 36.5 Å². The molecule has 2 aromatic rings. The zero-order valence-electron chi connectivity index (χ0n) is 23.2. The van der Waals surface area contributed by atoms with E-state index in [0.29, 0.717) is 21.8 Å². The molecular formula is C30H35ClN4O4. The Morgan fingerprint density at radius 1 is 1.13 bits per heavy atom. The number of terminal acetylenes is 1. The maximum absolute atomic E-state index is 14.0. The van der Waals surface area contributed by atoms with Gasteiger partial charge in [0.1, 0.15) is 24.2 Å². The number of aryl methyl sites for hydroxylation is 1. The van der Waals surface area contributed by atoms with Gasteiger partial charge in [0.25, 0.3) is 5.91 Å². The fourth-order valence-electron chi connectivity index (χ4n) is 3.93. The average molecular weight is 551 g/mol. The summed E-state index contributed by atoms with van der Waals surface area (Å²) in [6.07, 6.45) is 4.98. The van der Waals surface area contributed by atoms with E-state index in [2.05, 4.69) is 16.6 Å². The van der Waals surface area contributed by atoms with Gasteiger partial charge in [-0.15, -0.1) is 6.42 Å². The second-order valence-corrected chi connectivity index (χ2v) is 10.9. The molecule has 39 heavy (non-hydrogen) atoms. The number of alkyl carbamates (subject to hydrolysis) is 1. The zero-order chi connectivity index (χ0) is 29.3. The van der Waals surface area contributed by atoms with Crippen molar-refractivity contribution in [1.29, 1.82) is 5.26 Å². The van der Waals surface area contributed by atoms with E-state index < -0.39 is 42.1 Å². The number of hydrogen-bond donors (Lipinski definition) is 2. The zero-order valence-corrected chi connectivity index (χ0v) is 23.9. The molecule has 2 unspecified atom stereocenters. The SMILES string of the molecule is C#Cc1ccc(C(C(=O)Nc2c(C)cccc2Cl)N(CC#N)C(=O)C(CC(C)C)NC(=O)OC(C)(C)C)cc1. The Balaban J connectivity index is 2.57. The van der Waals surface area contributed by atoms with Crippen molar-refractivity contribution in [2.45, 2.75) is 65.6 Å². The number of halogens is 1. The van der Waals surface area contributed by atoms with Gasteiger partial charge in [-0.3, -0.25) is 9.59 Å². The Labute approximate surface area is 235 Å². The third kappa shape index (κ3) is 9.05. The Morgan fingerprint density at radius 3 is 2.28 bits per heavy atom. The van der Waals surface area contributed by atoms with E-state index >= 15 is 0 Å². The first-order valence-electron chi connectivity index (χ1n) is 12.6. The van der Waals surface area contributed by atoms with E-state index in [9.17, 15) is 19.6 Å². The molecule has 0 aliphatic heterocycles. The number of hydrogen-bond acceptors (Lipinski definition) is 5. The third-order valence-electron chi connectivity index (χ3n) is 5.64. The number of para-hydroxylation sites is 1. The lowest BCUT2D eigenvalue weighted by molar-refractivity contribution is -0.140. The van der Waals surface area contributed by atoms with Crippen LogP contribution < -0.4 is 10.6 Å². The predicted octanol–water partition coefficient (Wildman–Crippen LogP) is 5.60. The molecule has 0 radical (unpaired) electrons. The third-order valence-corrected chi connectivity index (χ3v) is 5.96. The molecule has 9 heteroatoms. The summed E-state index contributed by atoms with van der Waals surface area (Å²) in [5.74, 6) is 1.34. The summed E-state index contributed by atoms with van der Waals surface area (Å²) in [5.41, 5.74) is 1.35. The fraction of sp³-hybridized carbons (Fsp3) is 0.400. The molecule has 0 bridgehead atoms. The van der Waals surface area contributed by atoms with Crippen molar-refractivity contribution in [1.82, 2.24) is 10.2 Å². The summed E-state index contributed by atoms with van der Waals surface area (Å²) in [7, 11) is 0. The van der Waals surface area contributed by atoms with Gasteiger partial charge in [0.2, 0.25) is 5.91 Å². The number of carbonyl (C=O) groups excluding carboxylic acids is 3. The number of nitrogens with zero attached hydrogens (tertiary/aromatic N) is 2. The minimum Gasteiger partial charge on any atom is -0.444 e. The molecule has 0 aliphatic carbocycles. The van der Waals surface area contributed by atoms with Crippen molar-refractivity contribution >= 4 is 35.2 Å². The first-order valence-corrected chi connectivity index (χ1v) is 12.9. The molecule has 2 atom stereocenters. The van der Waals surface area contributed by atoms with Crippen LogP contribution in [0.4, 0.5) is 10.5 Å². The molecule has 2 aromatic carbocycles. The monoisotopic (exact) mass is 550 g/mol. The van der Waals surface area contributed by atoms with Gasteiger partial charge in [0, 0.05) is 5.56 Å². The van der Waals surface area contributed by atoms with Gasteiger partial charge in [-0.25, -0.2) is 4.79 Å². The lowest BCUT2D eigenvalue weighted by atomic mass is 9.98. The molecular weight excluding hydrogens is 516 g/mol. The quantitative estimate of drug-likeness (QED) is 0.312. The molecule has 0 saturated carbocycles. The normalized spacial score (nSPS) is 12.5. The van der Waals surface area contributed by atoms with Crippen LogP contribution in [0.1, 0.15) is 63.8 Å². The van der Waals surface area contributed by atoms with E-state index in [1.165, 1.54) is 0 Å². The highest BCUT2D eigenvalue weighted by atomic mass is 35.5. The van der Waals surface area contributed by atoms with E-state index in [-0.39, 0.29) is 12.3 Å². The van der Waals surface area contributed by atoms with Gasteiger partial charge in [-0.1, -0.05) is 55.6 Å². The summed E-state index contributed by atoms with van der Waals surface area (Å²) in [6, 6.07) is 11.5. The van der Waals surface area contributed by atoms with Crippen LogP contribution in [0.5, 0.6) is 0 Å². The summed E-state index contributed by atoms with van der Waals surface area (Å²) >= 11 is 6.35. The smallest absolute Gasteiger partial charge is 0.408 e. The maximum atomic E-state index is 14.0. The molecule has 0 aliphatic rings. The van der Waals surface area contributed by atoms with Crippen LogP contribution in [0.2, 0.25) is 5.02 Å². The largest absolute Gasteiger partial charge is 0.444 e. The van der Waals surface area contributed by atoms with E-state index in [4.69, 9.17) is 22.8 Å². The first-order chi connectivity index (χ1) is 18.3. The number of anilines is 1. The molecule has 0 spiro atoms. The molecule has 206 valence electrons. The number of carbonyl (C=O) groups is 3. The Morgan fingerprint density at radius 2 is 1.77 bits per heavy atom. The number of amides is 3. The number of benzene rings is 2. The van der Waals surface area contributed by atoms with Gasteiger partial charge in [0.15, 0.2) is 0 Å². The number of nitriles is 1. The molecule has 2 rings (SSSR count). The summed E-state index contributed by atoms with van der Waals surface area (Å²) in [6.45, 7) is 10.3. The topological polar surface area (TPSA) is 112 Å². The minimum absolute atomic E-state index is 0.00536. The fourth-order valence-corrected chi connectivity index (χ4v) is 4.20. The van der Waals surface area contributed by atoms with Crippen LogP contribution in [0.15, 0.2) is 42.5 Å². The van der Waals surface area contributed by atoms with Crippen molar-refractivity contribution in [3.05, 3.63) is 64.2 Å². The van der Waals surface area contributed by atoms with Crippen molar-refractivity contribution in [2.75, 3.05) is 11.9 Å². The maximum Gasteiger partial charge on any atom is 0.408 e. The van der Waals surface area contributed by atoms with Gasteiger partial charge in [0.05, 0.1) is 16.8 Å². The van der Waals surface area contributed by atoms with E-state index in [0.717, 1.165) is 10.5 Å². The lowest BCUT2D eigenvalue weighted by Gasteiger charge is -2.33. The van der Waals surface area contributed by atoms with Crippen molar-refractivity contribution in [3.63, 3.8) is 0 Å². The molecule has 2 N–H and O–H groups in total. The van der Waals surface area contributed by atoms with Crippen LogP contribution in [0.25, 0.3) is 0 Å². The molecule has 0 aromatic heterocycles. The number of nitrogens with one attached hydrogen (secondary N) is 2. The van der Waals surface area contributed by atoms with Gasteiger partial charge < -0.3 is 20.3 Å². The van der Waals surface area contributed by atoms with E-state index in [1.54, 1.807) is 70.2 Å². The molecule has 0 heterocycles. The first kappa shape index (κ1) is 31.2. The highest BCUT2D eigenvalue weighted by molar-refractivity contribution is 6.34. The number of rotatable bonds is 9. The Hall–Kier alpha value is -4.01. The summed E-state index contributed by atoms with van der Waals surface area (Å²) in [4.78, 5) is 41.6. The van der Waals surface area contributed by atoms with Crippen molar-refractivity contribution in [3.8, 4) is 18.4 Å².